The second-order valence-corrected chi connectivity index (χ2v) is 5.93. The number of hydrogen-bond acceptors (Lipinski definition) is 3. The van der Waals surface area contributed by atoms with E-state index >= 15 is 0 Å². The van der Waals surface area contributed by atoms with Gasteiger partial charge in [0.15, 0.2) is 0 Å². The molecule has 1 aromatic heterocycles. The largest absolute Gasteiger partial charge is 0.353 e. The van der Waals surface area contributed by atoms with Gasteiger partial charge in [0, 0.05) is 23.3 Å². The normalized spacial score (nSPS) is 10.3. The van der Waals surface area contributed by atoms with Crippen molar-refractivity contribution in [2.75, 3.05) is 16.0 Å². The van der Waals surface area contributed by atoms with Gasteiger partial charge in [-0.15, -0.1) is 0 Å². The average Bonchev–Trinajstić information content (AvgIpc) is 3.05. The second-order valence-electron chi connectivity index (χ2n) is 5.93. The standard InChI is InChI=1S/C22H20N4/c1-4-10-17(11-5-1)24-20-16-23-22(26-19-14-8-3-9-15-19)21(20)25-18-12-6-2-7-13-18/h1-16,23-26H. The van der Waals surface area contributed by atoms with E-state index in [1.807, 2.05) is 97.2 Å². The number of anilines is 6. The number of aromatic nitrogens is 1. The molecule has 4 heteroatoms. The molecule has 4 aromatic rings. The Hall–Kier alpha value is -3.66. The molecule has 4 nitrogen and oxygen atoms in total. The highest BCUT2D eigenvalue weighted by molar-refractivity contribution is 5.88. The first-order valence-corrected chi connectivity index (χ1v) is 8.56. The Morgan fingerprint density at radius 3 is 1.50 bits per heavy atom. The van der Waals surface area contributed by atoms with E-state index in [0.717, 1.165) is 34.3 Å². The summed E-state index contributed by atoms with van der Waals surface area (Å²) in [5.74, 6) is 0.901. The molecule has 1 heterocycles. The van der Waals surface area contributed by atoms with Crippen molar-refractivity contribution >= 4 is 34.3 Å². The minimum Gasteiger partial charge on any atom is -0.353 e. The van der Waals surface area contributed by atoms with Crippen molar-refractivity contribution in [3.05, 3.63) is 97.2 Å². The van der Waals surface area contributed by atoms with Crippen LogP contribution in [0.2, 0.25) is 0 Å². The van der Waals surface area contributed by atoms with Crippen molar-refractivity contribution in [3.8, 4) is 0 Å². The second kappa shape index (κ2) is 7.49. The third kappa shape index (κ3) is 3.70. The first kappa shape index (κ1) is 15.8. The number of nitrogens with one attached hydrogen (secondary N) is 4. The van der Waals surface area contributed by atoms with Crippen LogP contribution in [0.15, 0.2) is 97.2 Å². The summed E-state index contributed by atoms with van der Waals surface area (Å²) in [6.07, 6.45) is 1.96. The maximum absolute atomic E-state index is 3.51. The Balaban J connectivity index is 1.67. The van der Waals surface area contributed by atoms with Crippen LogP contribution in [-0.2, 0) is 0 Å². The van der Waals surface area contributed by atoms with E-state index in [-0.39, 0.29) is 0 Å². The lowest BCUT2D eigenvalue weighted by Gasteiger charge is -2.13. The van der Waals surface area contributed by atoms with Crippen LogP contribution >= 0.6 is 0 Å². The van der Waals surface area contributed by atoms with E-state index in [0.29, 0.717) is 0 Å². The van der Waals surface area contributed by atoms with Crippen LogP contribution in [0.4, 0.5) is 34.3 Å². The summed E-state index contributed by atoms with van der Waals surface area (Å²) in [4.78, 5) is 3.33. The van der Waals surface area contributed by atoms with E-state index in [4.69, 9.17) is 0 Å². The molecule has 3 aromatic carbocycles. The lowest BCUT2D eigenvalue weighted by Crippen LogP contribution is -1.98. The van der Waals surface area contributed by atoms with Gasteiger partial charge in [0.05, 0.1) is 5.69 Å². The van der Waals surface area contributed by atoms with Crippen LogP contribution in [0, 0.1) is 0 Å². The van der Waals surface area contributed by atoms with Gasteiger partial charge in [-0.3, -0.25) is 0 Å². The zero-order valence-corrected chi connectivity index (χ0v) is 14.2. The highest BCUT2D eigenvalue weighted by Crippen LogP contribution is 2.36. The van der Waals surface area contributed by atoms with Crippen molar-refractivity contribution < 1.29 is 0 Å². The summed E-state index contributed by atoms with van der Waals surface area (Å²) in [6.45, 7) is 0. The van der Waals surface area contributed by atoms with E-state index in [1.54, 1.807) is 0 Å². The van der Waals surface area contributed by atoms with E-state index < -0.39 is 0 Å². The van der Waals surface area contributed by atoms with Gasteiger partial charge < -0.3 is 20.9 Å². The summed E-state index contributed by atoms with van der Waals surface area (Å²) >= 11 is 0. The van der Waals surface area contributed by atoms with Crippen LogP contribution in [-0.4, -0.2) is 4.98 Å². The van der Waals surface area contributed by atoms with Crippen molar-refractivity contribution in [2.24, 2.45) is 0 Å². The molecule has 26 heavy (non-hydrogen) atoms. The molecule has 0 spiro atoms. The molecule has 0 unspecified atom stereocenters. The number of hydrogen-bond donors (Lipinski definition) is 4. The van der Waals surface area contributed by atoms with Crippen molar-refractivity contribution in [2.45, 2.75) is 0 Å². The van der Waals surface area contributed by atoms with Crippen molar-refractivity contribution in [1.29, 1.82) is 0 Å². The number of rotatable bonds is 6. The molecule has 0 aliphatic carbocycles. The number of H-pyrrole nitrogens is 1. The smallest absolute Gasteiger partial charge is 0.134 e. The third-order valence-electron chi connectivity index (χ3n) is 4.02. The highest BCUT2D eigenvalue weighted by Gasteiger charge is 2.12. The van der Waals surface area contributed by atoms with Crippen LogP contribution in [0.5, 0.6) is 0 Å². The highest BCUT2D eigenvalue weighted by atomic mass is 15.1. The molecule has 0 radical (unpaired) electrons. The number of aromatic amines is 1. The van der Waals surface area contributed by atoms with Crippen molar-refractivity contribution in [1.82, 2.24) is 4.98 Å². The van der Waals surface area contributed by atoms with Gasteiger partial charge in [0.1, 0.15) is 11.5 Å². The number of para-hydroxylation sites is 3. The monoisotopic (exact) mass is 340 g/mol. The van der Waals surface area contributed by atoms with Crippen LogP contribution in [0.3, 0.4) is 0 Å². The Kier molecular flexibility index (Phi) is 4.56. The summed E-state index contributed by atoms with van der Waals surface area (Å²) in [5, 5.41) is 10.4. The molecular formula is C22H20N4. The Labute approximate surface area is 152 Å². The molecule has 0 fully saturated rings. The predicted molar refractivity (Wildman–Crippen MR) is 110 cm³/mol. The summed E-state index contributed by atoms with van der Waals surface area (Å²) in [7, 11) is 0. The molecule has 4 N–H and O–H groups in total. The fourth-order valence-electron chi connectivity index (χ4n) is 2.76. The summed E-state index contributed by atoms with van der Waals surface area (Å²) in [6, 6.07) is 30.4. The number of benzene rings is 3. The third-order valence-corrected chi connectivity index (χ3v) is 4.02. The quantitative estimate of drug-likeness (QED) is 0.336. The Bertz CT molecular complexity index is 888. The minimum absolute atomic E-state index is 0.901. The summed E-state index contributed by atoms with van der Waals surface area (Å²) in [5.41, 5.74) is 5.02. The van der Waals surface area contributed by atoms with Crippen molar-refractivity contribution in [3.63, 3.8) is 0 Å². The predicted octanol–water partition coefficient (Wildman–Crippen LogP) is 6.25. The summed E-state index contributed by atoms with van der Waals surface area (Å²) < 4.78 is 0. The molecular weight excluding hydrogens is 320 g/mol. The van der Waals surface area contributed by atoms with Crippen LogP contribution in [0.1, 0.15) is 0 Å². The van der Waals surface area contributed by atoms with Gasteiger partial charge in [0.2, 0.25) is 0 Å². The van der Waals surface area contributed by atoms with Crippen LogP contribution in [0.25, 0.3) is 0 Å². The molecule has 4 rings (SSSR count). The van der Waals surface area contributed by atoms with Gasteiger partial charge in [-0.1, -0.05) is 54.6 Å². The van der Waals surface area contributed by atoms with Crippen LogP contribution < -0.4 is 16.0 Å². The van der Waals surface area contributed by atoms with Gasteiger partial charge in [0.25, 0.3) is 0 Å². The average molecular weight is 340 g/mol. The maximum Gasteiger partial charge on any atom is 0.134 e. The molecule has 128 valence electrons. The molecule has 0 atom stereocenters. The first-order chi connectivity index (χ1) is 12.9. The van der Waals surface area contributed by atoms with E-state index in [2.05, 4.69) is 20.9 Å². The minimum atomic E-state index is 0.901. The molecule has 0 amide bonds. The maximum atomic E-state index is 3.51. The lowest BCUT2D eigenvalue weighted by molar-refractivity contribution is 1.37. The Morgan fingerprint density at radius 1 is 0.500 bits per heavy atom. The van der Waals surface area contributed by atoms with Gasteiger partial charge >= 0.3 is 0 Å². The first-order valence-electron chi connectivity index (χ1n) is 8.56. The zero-order valence-electron chi connectivity index (χ0n) is 14.2. The molecule has 0 saturated heterocycles. The van der Waals surface area contributed by atoms with E-state index in [9.17, 15) is 0 Å². The van der Waals surface area contributed by atoms with Gasteiger partial charge in [-0.25, -0.2) is 0 Å². The molecule has 0 aliphatic rings. The zero-order chi connectivity index (χ0) is 17.6. The van der Waals surface area contributed by atoms with Gasteiger partial charge in [-0.2, -0.15) is 0 Å². The van der Waals surface area contributed by atoms with Gasteiger partial charge in [-0.05, 0) is 36.4 Å². The fourth-order valence-corrected chi connectivity index (χ4v) is 2.76. The molecule has 0 aliphatic heterocycles. The lowest BCUT2D eigenvalue weighted by atomic mass is 10.2. The fraction of sp³-hybridized carbons (Fsp3) is 0. The molecule has 0 bridgehead atoms. The van der Waals surface area contributed by atoms with E-state index in [1.165, 1.54) is 0 Å². The topological polar surface area (TPSA) is 51.9 Å². The SMILES string of the molecule is c1ccc(Nc2c[nH]c(Nc3ccccc3)c2Nc2ccccc2)cc1. The molecule has 0 saturated carbocycles. The Morgan fingerprint density at radius 2 is 0.962 bits per heavy atom.